The van der Waals surface area contributed by atoms with Crippen molar-refractivity contribution < 1.29 is 0 Å². The van der Waals surface area contributed by atoms with Crippen LogP contribution in [0, 0.1) is 0 Å². The number of hydrogen-bond acceptors (Lipinski definition) is 3. The van der Waals surface area contributed by atoms with Gasteiger partial charge < -0.3 is 5.73 Å². The van der Waals surface area contributed by atoms with E-state index in [1.807, 2.05) is 6.92 Å². The van der Waals surface area contributed by atoms with Crippen molar-refractivity contribution >= 4 is 27.9 Å². The van der Waals surface area contributed by atoms with E-state index >= 15 is 0 Å². The van der Waals surface area contributed by atoms with Crippen molar-refractivity contribution in [3.63, 3.8) is 0 Å². The third kappa shape index (κ3) is 1.34. The topological polar surface area (TPSA) is 38.9 Å². The molecule has 4 heteroatoms. The van der Waals surface area contributed by atoms with Gasteiger partial charge in [-0.3, -0.25) is 0 Å². The Labute approximate surface area is 62.7 Å². The van der Waals surface area contributed by atoms with Gasteiger partial charge in [0.05, 0.1) is 5.69 Å². The molecular formula is C5H7ClN2S. The van der Waals surface area contributed by atoms with E-state index < -0.39 is 0 Å². The van der Waals surface area contributed by atoms with Crippen LogP contribution < -0.4 is 5.73 Å². The third-order valence-corrected chi connectivity index (χ3v) is 2.07. The predicted octanol–water partition coefficient (Wildman–Crippen LogP) is 1.94. The molecule has 1 rings (SSSR count). The summed E-state index contributed by atoms with van der Waals surface area (Å²) in [7, 11) is 0. The van der Waals surface area contributed by atoms with Crippen LogP contribution in [-0.4, -0.2) is 4.98 Å². The van der Waals surface area contributed by atoms with Crippen molar-refractivity contribution in [2.75, 3.05) is 5.73 Å². The zero-order valence-corrected chi connectivity index (χ0v) is 6.59. The van der Waals surface area contributed by atoms with Gasteiger partial charge in [0.2, 0.25) is 0 Å². The molecule has 0 fully saturated rings. The van der Waals surface area contributed by atoms with Gasteiger partial charge in [-0.15, -0.1) is 0 Å². The first-order chi connectivity index (χ1) is 4.24. The molecule has 2 N–H and O–H groups in total. The Morgan fingerprint density at radius 2 is 2.44 bits per heavy atom. The van der Waals surface area contributed by atoms with Gasteiger partial charge in [-0.2, -0.15) is 0 Å². The summed E-state index contributed by atoms with van der Waals surface area (Å²) < 4.78 is 0.532. The lowest BCUT2D eigenvalue weighted by atomic mass is 10.4. The number of aromatic nitrogens is 1. The van der Waals surface area contributed by atoms with Crippen LogP contribution in [0.5, 0.6) is 0 Å². The molecule has 0 saturated heterocycles. The fourth-order valence-corrected chi connectivity index (χ4v) is 1.58. The van der Waals surface area contributed by atoms with E-state index in [0.717, 1.165) is 17.1 Å². The SMILES string of the molecule is CCc1nc(Cl)sc1N. The smallest absolute Gasteiger partial charge is 0.185 e. The highest BCUT2D eigenvalue weighted by atomic mass is 35.5. The summed E-state index contributed by atoms with van der Waals surface area (Å²) in [6, 6.07) is 0. The number of nitrogen functional groups attached to an aromatic ring is 1. The van der Waals surface area contributed by atoms with Crippen LogP contribution in [0.2, 0.25) is 4.47 Å². The first-order valence-electron chi connectivity index (χ1n) is 2.64. The molecule has 0 amide bonds. The average molecular weight is 163 g/mol. The molecule has 1 aromatic rings. The average Bonchev–Trinajstić information content (AvgIpc) is 2.10. The van der Waals surface area contributed by atoms with Crippen molar-refractivity contribution in [2.45, 2.75) is 13.3 Å². The van der Waals surface area contributed by atoms with Crippen LogP contribution in [-0.2, 0) is 6.42 Å². The molecule has 0 aliphatic rings. The van der Waals surface area contributed by atoms with Gasteiger partial charge in [0.1, 0.15) is 5.00 Å². The fraction of sp³-hybridized carbons (Fsp3) is 0.400. The summed E-state index contributed by atoms with van der Waals surface area (Å²) in [6.07, 6.45) is 0.856. The molecule has 50 valence electrons. The number of halogens is 1. The number of hydrogen-bond donors (Lipinski definition) is 1. The molecule has 0 atom stereocenters. The van der Waals surface area contributed by atoms with E-state index in [0.29, 0.717) is 4.47 Å². The molecule has 0 radical (unpaired) electrons. The molecule has 2 nitrogen and oxygen atoms in total. The van der Waals surface area contributed by atoms with E-state index in [2.05, 4.69) is 4.98 Å². The van der Waals surface area contributed by atoms with Gasteiger partial charge in [-0.05, 0) is 6.42 Å². The lowest BCUT2D eigenvalue weighted by Gasteiger charge is -1.85. The lowest BCUT2D eigenvalue weighted by molar-refractivity contribution is 1.07. The maximum absolute atomic E-state index is 5.57. The molecular weight excluding hydrogens is 156 g/mol. The second kappa shape index (κ2) is 2.54. The molecule has 0 aliphatic heterocycles. The fourth-order valence-electron chi connectivity index (χ4n) is 0.587. The van der Waals surface area contributed by atoms with Crippen LogP contribution in [0.3, 0.4) is 0 Å². The van der Waals surface area contributed by atoms with Crippen LogP contribution in [0.4, 0.5) is 5.00 Å². The van der Waals surface area contributed by atoms with Crippen molar-refractivity contribution in [3.05, 3.63) is 10.2 Å². The Bertz CT molecular complexity index is 209. The van der Waals surface area contributed by atoms with Gasteiger partial charge in [0.25, 0.3) is 0 Å². The second-order valence-corrected chi connectivity index (χ2v) is 3.24. The van der Waals surface area contributed by atoms with Crippen molar-refractivity contribution in [2.24, 2.45) is 0 Å². The predicted molar refractivity (Wildman–Crippen MR) is 40.9 cm³/mol. The summed E-state index contributed by atoms with van der Waals surface area (Å²) in [6.45, 7) is 2.00. The summed E-state index contributed by atoms with van der Waals surface area (Å²) in [4.78, 5) is 3.99. The van der Waals surface area contributed by atoms with E-state index in [9.17, 15) is 0 Å². The first-order valence-corrected chi connectivity index (χ1v) is 3.84. The third-order valence-electron chi connectivity index (χ3n) is 1.04. The van der Waals surface area contributed by atoms with Crippen molar-refractivity contribution in [3.8, 4) is 0 Å². The Morgan fingerprint density at radius 3 is 2.67 bits per heavy atom. The Balaban J connectivity index is 3.01. The Morgan fingerprint density at radius 1 is 1.78 bits per heavy atom. The van der Waals surface area contributed by atoms with Gasteiger partial charge in [-0.1, -0.05) is 29.9 Å². The zero-order valence-electron chi connectivity index (χ0n) is 5.02. The number of thiazole rings is 1. The molecule has 0 spiro atoms. The van der Waals surface area contributed by atoms with Crippen molar-refractivity contribution in [1.29, 1.82) is 0 Å². The number of rotatable bonds is 1. The van der Waals surface area contributed by atoms with Crippen LogP contribution in [0.1, 0.15) is 12.6 Å². The maximum atomic E-state index is 5.57. The molecule has 0 aromatic carbocycles. The Hall–Kier alpha value is -0.280. The largest absolute Gasteiger partial charge is 0.389 e. The van der Waals surface area contributed by atoms with E-state index in [1.54, 1.807) is 0 Å². The van der Waals surface area contributed by atoms with Crippen LogP contribution in [0.25, 0.3) is 0 Å². The molecule has 0 aliphatic carbocycles. The summed E-state index contributed by atoms with van der Waals surface area (Å²) in [5, 5.41) is 0.738. The highest BCUT2D eigenvalue weighted by Crippen LogP contribution is 2.24. The van der Waals surface area contributed by atoms with E-state index in [-0.39, 0.29) is 0 Å². The number of nitrogens with two attached hydrogens (primary N) is 1. The molecule has 0 unspecified atom stereocenters. The molecule has 0 saturated carbocycles. The van der Waals surface area contributed by atoms with E-state index in [4.69, 9.17) is 17.3 Å². The number of aryl methyl sites for hydroxylation is 1. The van der Waals surface area contributed by atoms with Gasteiger partial charge in [0.15, 0.2) is 4.47 Å². The maximum Gasteiger partial charge on any atom is 0.185 e. The molecule has 1 heterocycles. The van der Waals surface area contributed by atoms with Gasteiger partial charge >= 0.3 is 0 Å². The zero-order chi connectivity index (χ0) is 6.85. The lowest BCUT2D eigenvalue weighted by Crippen LogP contribution is -1.86. The quantitative estimate of drug-likeness (QED) is 0.686. The normalized spacial score (nSPS) is 10.0. The highest BCUT2D eigenvalue weighted by Gasteiger charge is 2.02. The monoisotopic (exact) mass is 162 g/mol. The van der Waals surface area contributed by atoms with Crippen LogP contribution >= 0.6 is 22.9 Å². The van der Waals surface area contributed by atoms with E-state index in [1.165, 1.54) is 11.3 Å². The van der Waals surface area contributed by atoms with Gasteiger partial charge in [-0.25, -0.2) is 4.98 Å². The molecule has 0 bridgehead atoms. The standard InChI is InChI=1S/C5H7ClN2S/c1-2-3-4(7)9-5(6)8-3/h2,7H2,1H3. The Kier molecular flexibility index (Phi) is 1.93. The number of anilines is 1. The first kappa shape index (κ1) is 6.83. The highest BCUT2D eigenvalue weighted by molar-refractivity contribution is 7.19. The number of nitrogens with zero attached hydrogens (tertiary/aromatic N) is 1. The minimum Gasteiger partial charge on any atom is -0.389 e. The van der Waals surface area contributed by atoms with Crippen LogP contribution in [0.15, 0.2) is 0 Å². The molecule has 9 heavy (non-hydrogen) atoms. The summed E-state index contributed by atoms with van der Waals surface area (Å²) in [5.74, 6) is 0. The summed E-state index contributed by atoms with van der Waals surface area (Å²) >= 11 is 6.90. The second-order valence-electron chi connectivity index (χ2n) is 1.63. The summed E-state index contributed by atoms with van der Waals surface area (Å²) in [5.41, 5.74) is 6.43. The molecule has 1 aromatic heterocycles. The van der Waals surface area contributed by atoms with Crippen molar-refractivity contribution in [1.82, 2.24) is 4.98 Å². The minimum absolute atomic E-state index is 0.532. The minimum atomic E-state index is 0.532. The van der Waals surface area contributed by atoms with Gasteiger partial charge in [0, 0.05) is 0 Å².